The number of aryl methyl sites for hydroxylation is 1. The van der Waals surface area contributed by atoms with E-state index in [1.807, 2.05) is 13.0 Å². The van der Waals surface area contributed by atoms with E-state index in [1.165, 1.54) is 17.1 Å². The lowest BCUT2D eigenvalue weighted by Crippen LogP contribution is -2.49. The van der Waals surface area contributed by atoms with Gasteiger partial charge in [0, 0.05) is 63.5 Å². The van der Waals surface area contributed by atoms with Crippen LogP contribution in [0.15, 0.2) is 29.2 Å². The van der Waals surface area contributed by atoms with Gasteiger partial charge in [-0.1, -0.05) is 0 Å². The smallest absolute Gasteiger partial charge is 0.243 e. The highest BCUT2D eigenvalue weighted by Gasteiger charge is 2.31. The zero-order valence-electron chi connectivity index (χ0n) is 18.4. The summed E-state index contributed by atoms with van der Waals surface area (Å²) in [5, 5.41) is 0. The fraction of sp³-hybridized carbons (Fsp3) is 0.545. The molecule has 0 aliphatic carbocycles. The fourth-order valence-electron chi connectivity index (χ4n) is 4.37. The summed E-state index contributed by atoms with van der Waals surface area (Å²) in [6.45, 7) is 6.98. The van der Waals surface area contributed by atoms with Crippen molar-refractivity contribution in [2.24, 2.45) is 0 Å². The molecule has 0 unspecified atom stereocenters. The molecule has 2 saturated heterocycles. The van der Waals surface area contributed by atoms with Crippen molar-refractivity contribution in [2.45, 2.75) is 31.1 Å². The maximum absolute atomic E-state index is 13.3. The normalized spacial score (nSPS) is 19.8. The molecule has 5 rings (SSSR count). The summed E-state index contributed by atoms with van der Waals surface area (Å²) in [5.41, 5.74) is 0.930. The molecular weight excluding hydrogens is 430 g/mol. The molecular formula is C22H29N5O4S. The number of fused-ring (bicyclic) bond motifs is 1. The van der Waals surface area contributed by atoms with Crippen molar-refractivity contribution in [2.75, 3.05) is 62.3 Å². The lowest BCUT2D eigenvalue weighted by Gasteiger charge is -2.34. The van der Waals surface area contributed by atoms with E-state index in [-0.39, 0.29) is 4.90 Å². The molecule has 10 heteroatoms. The average Bonchev–Trinajstić information content (AvgIpc) is 3.24. The quantitative estimate of drug-likeness (QED) is 0.687. The second kappa shape index (κ2) is 8.74. The number of ether oxygens (including phenoxy) is 2. The average molecular weight is 460 g/mol. The van der Waals surface area contributed by atoms with Gasteiger partial charge in [0.05, 0.1) is 18.1 Å². The van der Waals surface area contributed by atoms with Crippen LogP contribution in [0.1, 0.15) is 25.0 Å². The molecule has 2 aromatic rings. The highest BCUT2D eigenvalue weighted by atomic mass is 32.2. The Hall–Kier alpha value is -2.59. The van der Waals surface area contributed by atoms with E-state index in [0.717, 1.165) is 31.0 Å². The summed E-state index contributed by atoms with van der Waals surface area (Å²) in [6.07, 6.45) is 3.16. The summed E-state index contributed by atoms with van der Waals surface area (Å²) in [4.78, 5) is 14.0. The van der Waals surface area contributed by atoms with Crippen molar-refractivity contribution in [3.63, 3.8) is 0 Å². The predicted octanol–water partition coefficient (Wildman–Crippen LogP) is 2.06. The minimum Gasteiger partial charge on any atom is -0.490 e. The Balaban J connectivity index is 1.30. The van der Waals surface area contributed by atoms with Gasteiger partial charge in [-0.25, -0.2) is 13.4 Å². The number of nitrogens with zero attached hydrogens (tertiary/aromatic N) is 5. The SMILES string of the molecule is Cc1cc(N2CCCC2)nc(N2CCN(S(=O)(=O)c3ccc4c(c3)OCCCO4)CC2)n1. The molecule has 1 aromatic carbocycles. The Labute approximate surface area is 189 Å². The monoisotopic (exact) mass is 459 g/mol. The van der Waals surface area contributed by atoms with Crippen LogP contribution >= 0.6 is 0 Å². The largest absolute Gasteiger partial charge is 0.490 e. The number of benzene rings is 1. The van der Waals surface area contributed by atoms with E-state index in [2.05, 4.69) is 14.8 Å². The third-order valence-electron chi connectivity index (χ3n) is 6.14. The molecule has 2 fully saturated rings. The van der Waals surface area contributed by atoms with Gasteiger partial charge >= 0.3 is 0 Å². The van der Waals surface area contributed by atoms with Crippen LogP contribution in [-0.4, -0.2) is 75.2 Å². The van der Waals surface area contributed by atoms with Crippen LogP contribution in [0.3, 0.4) is 0 Å². The second-order valence-electron chi connectivity index (χ2n) is 8.41. The van der Waals surface area contributed by atoms with Crippen LogP contribution in [0.25, 0.3) is 0 Å². The van der Waals surface area contributed by atoms with Crippen molar-refractivity contribution >= 4 is 21.8 Å². The van der Waals surface area contributed by atoms with Gasteiger partial charge in [-0.15, -0.1) is 0 Å². The van der Waals surface area contributed by atoms with E-state index < -0.39 is 10.0 Å². The molecule has 0 saturated carbocycles. The third-order valence-corrected chi connectivity index (χ3v) is 8.03. The highest BCUT2D eigenvalue weighted by molar-refractivity contribution is 7.89. The summed E-state index contributed by atoms with van der Waals surface area (Å²) >= 11 is 0. The van der Waals surface area contributed by atoms with Crippen molar-refractivity contribution < 1.29 is 17.9 Å². The zero-order chi connectivity index (χ0) is 22.1. The second-order valence-corrected chi connectivity index (χ2v) is 10.3. The molecule has 172 valence electrons. The fourth-order valence-corrected chi connectivity index (χ4v) is 5.81. The topological polar surface area (TPSA) is 88.1 Å². The zero-order valence-corrected chi connectivity index (χ0v) is 19.2. The van der Waals surface area contributed by atoms with Crippen LogP contribution < -0.4 is 19.3 Å². The van der Waals surface area contributed by atoms with Gasteiger partial charge in [-0.05, 0) is 31.9 Å². The van der Waals surface area contributed by atoms with Crippen molar-refractivity contribution in [3.8, 4) is 11.5 Å². The maximum atomic E-state index is 13.3. The van der Waals surface area contributed by atoms with E-state index in [0.29, 0.717) is 56.8 Å². The summed E-state index contributed by atoms with van der Waals surface area (Å²) < 4.78 is 39.3. The van der Waals surface area contributed by atoms with Crippen LogP contribution in [0, 0.1) is 6.92 Å². The number of piperazine rings is 1. The van der Waals surface area contributed by atoms with Gasteiger partial charge in [-0.2, -0.15) is 9.29 Å². The van der Waals surface area contributed by atoms with Crippen molar-refractivity contribution in [1.82, 2.24) is 14.3 Å². The van der Waals surface area contributed by atoms with Gasteiger partial charge in [0.2, 0.25) is 16.0 Å². The van der Waals surface area contributed by atoms with Crippen molar-refractivity contribution in [1.29, 1.82) is 0 Å². The molecule has 1 aromatic heterocycles. The minimum absolute atomic E-state index is 0.235. The number of hydrogen-bond donors (Lipinski definition) is 0. The molecule has 0 spiro atoms. The van der Waals surface area contributed by atoms with E-state index in [4.69, 9.17) is 14.5 Å². The molecule has 0 N–H and O–H groups in total. The standard InChI is InChI=1S/C22H29N5O4S/c1-17-15-21(25-7-2-3-8-25)24-22(23-17)26-9-11-27(12-10-26)32(28,29)18-5-6-19-20(16-18)31-14-4-13-30-19/h5-6,15-16H,2-4,7-14H2,1H3. The van der Waals surface area contributed by atoms with Gasteiger partial charge in [-0.3, -0.25) is 0 Å². The van der Waals surface area contributed by atoms with Gasteiger partial charge < -0.3 is 19.3 Å². The van der Waals surface area contributed by atoms with Gasteiger partial charge in [0.1, 0.15) is 5.82 Å². The van der Waals surface area contributed by atoms with Gasteiger partial charge in [0.25, 0.3) is 0 Å². The van der Waals surface area contributed by atoms with E-state index in [1.54, 1.807) is 18.2 Å². The Kier molecular flexibility index (Phi) is 5.81. The Morgan fingerprint density at radius 1 is 0.812 bits per heavy atom. The molecule has 32 heavy (non-hydrogen) atoms. The predicted molar refractivity (Wildman–Crippen MR) is 121 cm³/mol. The maximum Gasteiger partial charge on any atom is 0.243 e. The Morgan fingerprint density at radius 2 is 1.53 bits per heavy atom. The van der Waals surface area contributed by atoms with Crippen LogP contribution in [0.2, 0.25) is 0 Å². The summed E-state index contributed by atoms with van der Waals surface area (Å²) in [7, 11) is -3.62. The first kappa shape index (κ1) is 21.3. The molecule has 0 amide bonds. The lowest BCUT2D eigenvalue weighted by atomic mass is 10.3. The minimum atomic E-state index is -3.62. The van der Waals surface area contributed by atoms with Crippen LogP contribution in [0.4, 0.5) is 11.8 Å². The first-order valence-electron chi connectivity index (χ1n) is 11.3. The van der Waals surface area contributed by atoms with E-state index in [9.17, 15) is 8.42 Å². The number of sulfonamides is 1. The summed E-state index contributed by atoms with van der Waals surface area (Å²) in [6, 6.07) is 6.89. The lowest BCUT2D eigenvalue weighted by molar-refractivity contribution is 0.296. The van der Waals surface area contributed by atoms with Crippen LogP contribution in [-0.2, 0) is 10.0 Å². The molecule has 0 bridgehead atoms. The Morgan fingerprint density at radius 3 is 2.28 bits per heavy atom. The summed E-state index contributed by atoms with van der Waals surface area (Å²) in [5.74, 6) is 2.73. The first-order chi connectivity index (χ1) is 15.5. The molecule has 3 aliphatic heterocycles. The van der Waals surface area contributed by atoms with Crippen molar-refractivity contribution in [3.05, 3.63) is 30.0 Å². The van der Waals surface area contributed by atoms with Gasteiger partial charge in [0.15, 0.2) is 11.5 Å². The molecule has 9 nitrogen and oxygen atoms in total. The van der Waals surface area contributed by atoms with E-state index >= 15 is 0 Å². The molecule has 4 heterocycles. The number of rotatable bonds is 4. The molecule has 3 aliphatic rings. The number of aromatic nitrogens is 2. The molecule has 0 radical (unpaired) electrons. The third kappa shape index (κ3) is 4.21. The number of hydrogen-bond acceptors (Lipinski definition) is 8. The Bertz CT molecular complexity index is 1080. The first-order valence-corrected chi connectivity index (χ1v) is 12.7. The van der Waals surface area contributed by atoms with Crippen LogP contribution in [0.5, 0.6) is 11.5 Å². The highest BCUT2D eigenvalue weighted by Crippen LogP contribution is 2.33. The molecule has 0 atom stereocenters. The number of anilines is 2.